The number of nitro groups is 1. The summed E-state index contributed by atoms with van der Waals surface area (Å²) in [5.41, 5.74) is -1.09. The van der Waals surface area contributed by atoms with Crippen LogP contribution in [0.4, 0.5) is 5.69 Å². The number of benzene rings is 1. The number of ether oxygens (including phenoxy) is 1. The Balaban J connectivity index is 2.85. The zero-order valence-corrected chi connectivity index (χ0v) is 12.1. The monoisotopic (exact) mass is 297 g/mol. The molecule has 0 aromatic heterocycles. The Morgan fingerprint density at radius 3 is 2.85 bits per heavy atom. The molecule has 0 aliphatic rings. The SMILES string of the molecule is CCCNC(C)(C#N)COc1cc(Cl)ccc1[N+](=O)[O-]. The molecule has 1 aromatic rings. The molecule has 1 rings (SSSR count). The second kappa shape index (κ2) is 7.08. The van der Waals surface area contributed by atoms with Crippen LogP contribution in [0.15, 0.2) is 18.2 Å². The van der Waals surface area contributed by atoms with Crippen LogP contribution in [-0.4, -0.2) is 23.6 Å². The van der Waals surface area contributed by atoms with Crippen LogP contribution in [0, 0.1) is 21.4 Å². The molecule has 0 fully saturated rings. The molecular weight excluding hydrogens is 282 g/mol. The molecule has 0 heterocycles. The molecule has 0 radical (unpaired) electrons. The van der Waals surface area contributed by atoms with Gasteiger partial charge in [-0.1, -0.05) is 18.5 Å². The molecule has 7 heteroatoms. The Hall–Kier alpha value is -1.84. The summed E-state index contributed by atoms with van der Waals surface area (Å²) in [6.45, 7) is 4.31. The van der Waals surface area contributed by atoms with Crippen LogP contribution in [-0.2, 0) is 0 Å². The molecule has 0 aliphatic carbocycles. The fourth-order valence-electron chi connectivity index (χ4n) is 1.50. The Kier molecular flexibility index (Phi) is 5.74. The largest absolute Gasteiger partial charge is 0.484 e. The van der Waals surface area contributed by atoms with Crippen LogP contribution < -0.4 is 10.1 Å². The zero-order chi connectivity index (χ0) is 15.2. The normalized spacial score (nSPS) is 13.3. The molecule has 20 heavy (non-hydrogen) atoms. The Morgan fingerprint density at radius 2 is 2.30 bits per heavy atom. The van der Waals surface area contributed by atoms with E-state index in [4.69, 9.17) is 16.3 Å². The highest BCUT2D eigenvalue weighted by atomic mass is 35.5. The van der Waals surface area contributed by atoms with Gasteiger partial charge in [-0.3, -0.25) is 15.4 Å². The van der Waals surface area contributed by atoms with Crippen molar-refractivity contribution >= 4 is 17.3 Å². The summed E-state index contributed by atoms with van der Waals surface area (Å²) in [5, 5.41) is 23.5. The fraction of sp³-hybridized carbons (Fsp3) is 0.462. The van der Waals surface area contributed by atoms with E-state index in [0.29, 0.717) is 11.6 Å². The summed E-state index contributed by atoms with van der Waals surface area (Å²) in [7, 11) is 0. The average Bonchev–Trinajstić information content (AvgIpc) is 2.42. The molecule has 1 atom stereocenters. The van der Waals surface area contributed by atoms with Crippen molar-refractivity contribution in [2.45, 2.75) is 25.8 Å². The van der Waals surface area contributed by atoms with Crippen molar-refractivity contribution in [2.24, 2.45) is 0 Å². The van der Waals surface area contributed by atoms with Gasteiger partial charge in [0.25, 0.3) is 0 Å². The van der Waals surface area contributed by atoms with Gasteiger partial charge in [0.2, 0.25) is 0 Å². The fourth-order valence-corrected chi connectivity index (χ4v) is 1.66. The number of nitriles is 1. The van der Waals surface area contributed by atoms with Crippen molar-refractivity contribution in [1.29, 1.82) is 5.26 Å². The number of hydrogen-bond acceptors (Lipinski definition) is 5. The first-order valence-electron chi connectivity index (χ1n) is 6.15. The van der Waals surface area contributed by atoms with Crippen LogP contribution in [0.1, 0.15) is 20.3 Å². The molecule has 1 unspecified atom stereocenters. The molecule has 0 spiro atoms. The lowest BCUT2D eigenvalue weighted by Crippen LogP contribution is -2.46. The first-order chi connectivity index (χ1) is 9.41. The number of hydrogen-bond donors (Lipinski definition) is 1. The summed E-state index contributed by atoms with van der Waals surface area (Å²) in [4.78, 5) is 10.4. The highest BCUT2D eigenvalue weighted by Crippen LogP contribution is 2.30. The van der Waals surface area contributed by atoms with Crippen LogP contribution in [0.3, 0.4) is 0 Å². The van der Waals surface area contributed by atoms with Crippen molar-refractivity contribution in [2.75, 3.05) is 13.2 Å². The second-order valence-electron chi connectivity index (χ2n) is 4.53. The van der Waals surface area contributed by atoms with E-state index in [1.807, 2.05) is 6.92 Å². The van der Waals surface area contributed by atoms with E-state index in [1.54, 1.807) is 6.92 Å². The quantitative estimate of drug-likeness (QED) is 0.617. The van der Waals surface area contributed by atoms with Crippen LogP contribution in [0.5, 0.6) is 5.75 Å². The van der Waals surface area contributed by atoms with Gasteiger partial charge in [0.15, 0.2) is 5.75 Å². The molecule has 1 aromatic carbocycles. The number of halogens is 1. The first-order valence-corrected chi connectivity index (χ1v) is 6.52. The van der Waals surface area contributed by atoms with Crippen molar-refractivity contribution in [1.82, 2.24) is 5.32 Å². The van der Waals surface area contributed by atoms with Gasteiger partial charge >= 0.3 is 5.69 Å². The van der Waals surface area contributed by atoms with Crippen LogP contribution >= 0.6 is 11.6 Å². The summed E-state index contributed by atoms with van der Waals surface area (Å²) >= 11 is 5.81. The molecule has 0 amide bonds. The molecule has 0 saturated carbocycles. The number of nitrogens with zero attached hydrogens (tertiary/aromatic N) is 2. The summed E-state index contributed by atoms with van der Waals surface area (Å²) in [5.74, 6) is 0.0577. The maximum absolute atomic E-state index is 10.9. The van der Waals surface area contributed by atoms with Gasteiger partial charge in [0, 0.05) is 17.2 Å². The van der Waals surface area contributed by atoms with Crippen molar-refractivity contribution in [3.8, 4) is 11.8 Å². The van der Waals surface area contributed by atoms with Gasteiger partial charge in [-0.25, -0.2) is 0 Å². The van der Waals surface area contributed by atoms with E-state index in [0.717, 1.165) is 6.42 Å². The third kappa shape index (κ3) is 4.37. The highest BCUT2D eigenvalue weighted by Gasteiger charge is 2.25. The molecule has 108 valence electrons. The Morgan fingerprint density at radius 1 is 1.60 bits per heavy atom. The van der Waals surface area contributed by atoms with Crippen molar-refractivity contribution < 1.29 is 9.66 Å². The van der Waals surface area contributed by atoms with Gasteiger partial charge < -0.3 is 4.74 Å². The van der Waals surface area contributed by atoms with Gasteiger partial charge in [0.1, 0.15) is 12.1 Å². The zero-order valence-electron chi connectivity index (χ0n) is 11.4. The van der Waals surface area contributed by atoms with E-state index in [9.17, 15) is 15.4 Å². The topological polar surface area (TPSA) is 88.2 Å². The van der Waals surface area contributed by atoms with E-state index < -0.39 is 10.5 Å². The standard InChI is InChI=1S/C13H16ClN3O3/c1-3-6-16-13(2,8-15)9-20-12-7-10(14)4-5-11(12)17(18)19/h4-5,7,16H,3,6,9H2,1-2H3. The first kappa shape index (κ1) is 16.2. The van der Waals surface area contributed by atoms with E-state index in [1.165, 1.54) is 18.2 Å². The maximum atomic E-state index is 10.9. The number of nitrogens with one attached hydrogen (secondary N) is 1. The predicted molar refractivity (Wildman–Crippen MR) is 75.9 cm³/mol. The van der Waals surface area contributed by atoms with Crippen molar-refractivity contribution in [3.63, 3.8) is 0 Å². The predicted octanol–water partition coefficient (Wildman–Crippen LogP) is 2.91. The van der Waals surface area contributed by atoms with Gasteiger partial charge in [0.05, 0.1) is 11.0 Å². The maximum Gasteiger partial charge on any atom is 0.311 e. The van der Waals surface area contributed by atoms with Crippen molar-refractivity contribution in [3.05, 3.63) is 33.3 Å². The minimum atomic E-state index is -0.911. The number of nitro benzene ring substituents is 1. The highest BCUT2D eigenvalue weighted by molar-refractivity contribution is 6.30. The average molecular weight is 298 g/mol. The lowest BCUT2D eigenvalue weighted by atomic mass is 10.1. The molecule has 6 nitrogen and oxygen atoms in total. The van der Waals surface area contributed by atoms with Gasteiger partial charge in [-0.2, -0.15) is 5.26 Å². The van der Waals surface area contributed by atoms with Gasteiger partial charge in [-0.15, -0.1) is 0 Å². The molecule has 0 aliphatic heterocycles. The summed E-state index contributed by atoms with van der Waals surface area (Å²) in [6.07, 6.45) is 0.870. The molecule has 0 bridgehead atoms. The lowest BCUT2D eigenvalue weighted by Gasteiger charge is -2.23. The van der Waals surface area contributed by atoms with Gasteiger partial charge in [-0.05, 0) is 26.0 Å². The third-order valence-electron chi connectivity index (χ3n) is 2.65. The minimum Gasteiger partial charge on any atom is -0.484 e. The van der Waals surface area contributed by atoms with E-state index in [2.05, 4.69) is 11.4 Å². The molecule has 0 saturated heterocycles. The second-order valence-corrected chi connectivity index (χ2v) is 4.96. The van der Waals surface area contributed by atoms with E-state index >= 15 is 0 Å². The molecule has 1 N–H and O–H groups in total. The number of rotatable bonds is 7. The smallest absolute Gasteiger partial charge is 0.311 e. The van der Waals surface area contributed by atoms with Crippen LogP contribution in [0.2, 0.25) is 5.02 Å². The minimum absolute atomic E-state index is 0.00924. The molecular formula is C13H16ClN3O3. The summed E-state index contributed by atoms with van der Waals surface area (Å²) < 4.78 is 5.42. The third-order valence-corrected chi connectivity index (χ3v) is 2.88. The Labute approximate surface area is 122 Å². The summed E-state index contributed by atoms with van der Waals surface area (Å²) in [6, 6.07) is 6.18. The van der Waals surface area contributed by atoms with Crippen LogP contribution in [0.25, 0.3) is 0 Å². The Bertz CT molecular complexity index is 530. The lowest BCUT2D eigenvalue weighted by molar-refractivity contribution is -0.385. The van der Waals surface area contributed by atoms with E-state index in [-0.39, 0.29) is 18.0 Å².